The minimum Gasteiger partial charge on any atom is -0.394 e. The third kappa shape index (κ3) is 3.84. The van der Waals surface area contributed by atoms with Crippen LogP contribution >= 0.6 is 8.25 Å². The molecular weight excluding hydrogens is 343 g/mol. The van der Waals surface area contributed by atoms with Gasteiger partial charge in [0.2, 0.25) is 0 Å². The molecule has 1 aliphatic heterocycles. The van der Waals surface area contributed by atoms with E-state index in [2.05, 4.69) is 10.9 Å². The zero-order valence-electron chi connectivity index (χ0n) is 12.7. The first-order chi connectivity index (χ1) is 11.4. The summed E-state index contributed by atoms with van der Waals surface area (Å²) in [5.74, 6) is 2.24. The standard InChI is InChI=1S/C13H17N2O8P/c1-3-4-21-10-9(23-24(19)20)8(6-16)22-12(10)15-5-7(2)11(17)14-13(15)18/h1,5,8-10,12,16,24H,4,6H2,2H3,(H,19,20)(H,14,17,18)/t8-,9?,10?,12-/m1/s1. The number of aliphatic hydroxyl groups excluding tert-OH is 1. The number of nitrogens with zero attached hydrogens (tertiary/aromatic N) is 1. The van der Waals surface area contributed by atoms with E-state index in [1.807, 2.05) is 0 Å². The van der Waals surface area contributed by atoms with Crippen LogP contribution in [0.1, 0.15) is 11.8 Å². The first-order valence-electron chi connectivity index (χ1n) is 6.92. The van der Waals surface area contributed by atoms with Gasteiger partial charge in [-0.15, -0.1) is 6.42 Å². The Labute approximate surface area is 136 Å². The Bertz CT molecular complexity index is 766. The molecule has 132 valence electrons. The van der Waals surface area contributed by atoms with E-state index in [0.29, 0.717) is 0 Å². The van der Waals surface area contributed by atoms with E-state index in [1.54, 1.807) is 0 Å². The van der Waals surface area contributed by atoms with Gasteiger partial charge in [-0.1, -0.05) is 5.92 Å². The summed E-state index contributed by atoms with van der Waals surface area (Å²) in [6.07, 6.45) is 2.13. The second kappa shape index (κ2) is 7.90. The monoisotopic (exact) mass is 360 g/mol. The lowest BCUT2D eigenvalue weighted by Crippen LogP contribution is -2.40. The van der Waals surface area contributed by atoms with Crippen molar-refractivity contribution in [3.05, 3.63) is 32.6 Å². The number of aryl methyl sites for hydroxylation is 1. The number of H-pyrrole nitrogens is 1. The fourth-order valence-corrected chi connectivity index (χ4v) is 2.95. The largest absolute Gasteiger partial charge is 0.394 e. The number of nitrogens with one attached hydrogen (secondary N) is 1. The van der Waals surface area contributed by atoms with Crippen molar-refractivity contribution in [1.82, 2.24) is 9.55 Å². The van der Waals surface area contributed by atoms with Gasteiger partial charge in [0.15, 0.2) is 6.23 Å². The van der Waals surface area contributed by atoms with Gasteiger partial charge < -0.3 is 24.0 Å². The predicted octanol–water partition coefficient (Wildman–Crippen LogP) is -1.48. The molecule has 1 fully saturated rings. The quantitative estimate of drug-likeness (QED) is 0.412. The smallest absolute Gasteiger partial charge is 0.330 e. The maximum atomic E-state index is 12.0. The molecule has 1 aliphatic rings. The number of ether oxygens (including phenoxy) is 2. The van der Waals surface area contributed by atoms with Crippen LogP contribution in [0.15, 0.2) is 15.8 Å². The number of aliphatic hydroxyl groups is 1. The van der Waals surface area contributed by atoms with E-state index in [1.165, 1.54) is 13.1 Å². The number of hydrogen-bond donors (Lipinski definition) is 3. The van der Waals surface area contributed by atoms with E-state index >= 15 is 0 Å². The average molecular weight is 360 g/mol. The maximum absolute atomic E-state index is 12.0. The minimum atomic E-state index is -3.36. The van der Waals surface area contributed by atoms with Crippen molar-refractivity contribution >= 4 is 8.25 Å². The summed E-state index contributed by atoms with van der Waals surface area (Å²) in [4.78, 5) is 34.7. The van der Waals surface area contributed by atoms with Gasteiger partial charge >= 0.3 is 13.9 Å². The van der Waals surface area contributed by atoms with Crippen LogP contribution in [-0.2, 0) is 18.6 Å². The Morgan fingerprint density at radius 2 is 2.21 bits per heavy atom. The molecule has 24 heavy (non-hydrogen) atoms. The summed E-state index contributed by atoms with van der Waals surface area (Å²) in [6.45, 7) is 0.778. The Kier molecular flexibility index (Phi) is 6.12. The highest BCUT2D eigenvalue weighted by Crippen LogP contribution is 2.36. The van der Waals surface area contributed by atoms with E-state index in [9.17, 15) is 19.3 Å². The molecule has 0 aliphatic carbocycles. The summed E-state index contributed by atoms with van der Waals surface area (Å²) in [6, 6.07) is 0. The van der Waals surface area contributed by atoms with E-state index in [-0.39, 0.29) is 12.2 Å². The Hall–Kier alpha value is -1.73. The van der Waals surface area contributed by atoms with Crippen molar-refractivity contribution in [2.45, 2.75) is 31.5 Å². The van der Waals surface area contributed by atoms with Crippen molar-refractivity contribution < 1.29 is 28.6 Å². The van der Waals surface area contributed by atoms with Crippen LogP contribution < -0.4 is 11.2 Å². The highest BCUT2D eigenvalue weighted by Gasteiger charge is 2.48. The zero-order chi connectivity index (χ0) is 17.9. The Morgan fingerprint density at radius 1 is 1.50 bits per heavy atom. The highest BCUT2D eigenvalue weighted by atomic mass is 31.1. The molecule has 2 rings (SSSR count). The number of rotatable bonds is 6. The van der Waals surface area contributed by atoms with Crippen LogP contribution in [0.25, 0.3) is 0 Å². The van der Waals surface area contributed by atoms with E-state index in [0.717, 1.165) is 4.57 Å². The fraction of sp³-hybridized carbons (Fsp3) is 0.538. The van der Waals surface area contributed by atoms with Crippen LogP contribution in [0.2, 0.25) is 0 Å². The second-order valence-electron chi connectivity index (χ2n) is 5.05. The van der Waals surface area contributed by atoms with Crippen LogP contribution in [0.5, 0.6) is 0 Å². The van der Waals surface area contributed by atoms with Gasteiger partial charge in [0.25, 0.3) is 5.56 Å². The molecule has 0 radical (unpaired) electrons. The lowest BCUT2D eigenvalue weighted by molar-refractivity contribution is -0.0677. The first-order valence-corrected chi connectivity index (χ1v) is 8.18. The molecule has 11 heteroatoms. The Balaban J connectivity index is 2.45. The molecule has 1 saturated heterocycles. The summed E-state index contributed by atoms with van der Waals surface area (Å²) in [7, 11) is -3.36. The molecule has 3 unspecified atom stereocenters. The molecule has 5 atom stereocenters. The van der Waals surface area contributed by atoms with Gasteiger partial charge in [-0.25, -0.2) is 4.79 Å². The molecule has 3 N–H and O–H groups in total. The summed E-state index contributed by atoms with van der Waals surface area (Å²) >= 11 is 0. The summed E-state index contributed by atoms with van der Waals surface area (Å²) < 4.78 is 28.0. The van der Waals surface area contributed by atoms with Crippen molar-refractivity contribution in [2.75, 3.05) is 13.2 Å². The number of terminal acetylenes is 1. The molecule has 2 heterocycles. The number of aromatic amines is 1. The number of hydrogen-bond acceptors (Lipinski definition) is 7. The third-order valence-electron chi connectivity index (χ3n) is 3.48. The molecule has 10 nitrogen and oxygen atoms in total. The lowest BCUT2D eigenvalue weighted by Gasteiger charge is -2.23. The SMILES string of the molecule is C#CCOC1C(O[PH](=O)O)[C@@H](CO)O[C@H]1n1cc(C)c(=O)[nH]c1=O. The summed E-state index contributed by atoms with van der Waals surface area (Å²) in [5.41, 5.74) is -1.07. The van der Waals surface area contributed by atoms with Crippen LogP contribution in [0.4, 0.5) is 0 Å². The fourth-order valence-electron chi connectivity index (χ4n) is 2.43. The average Bonchev–Trinajstić information content (AvgIpc) is 2.85. The zero-order valence-corrected chi connectivity index (χ0v) is 13.7. The van der Waals surface area contributed by atoms with Gasteiger partial charge in [-0.05, 0) is 6.92 Å². The van der Waals surface area contributed by atoms with Crippen LogP contribution in [0.3, 0.4) is 0 Å². The predicted molar refractivity (Wildman–Crippen MR) is 81.7 cm³/mol. The molecule has 0 aromatic carbocycles. The van der Waals surface area contributed by atoms with Gasteiger partial charge in [-0.2, -0.15) is 0 Å². The molecule has 0 amide bonds. The second-order valence-corrected chi connectivity index (χ2v) is 5.82. The van der Waals surface area contributed by atoms with Gasteiger partial charge in [0.1, 0.15) is 24.9 Å². The highest BCUT2D eigenvalue weighted by molar-refractivity contribution is 7.32. The van der Waals surface area contributed by atoms with Crippen molar-refractivity contribution in [3.63, 3.8) is 0 Å². The van der Waals surface area contributed by atoms with Crippen LogP contribution in [-0.4, -0.2) is 51.1 Å². The topological polar surface area (TPSA) is 140 Å². The van der Waals surface area contributed by atoms with E-state index in [4.69, 9.17) is 25.3 Å². The van der Waals surface area contributed by atoms with Crippen molar-refractivity contribution in [1.29, 1.82) is 0 Å². The third-order valence-corrected chi connectivity index (χ3v) is 3.96. The normalized spacial score (nSPS) is 27.8. The molecule has 1 aromatic rings. The van der Waals surface area contributed by atoms with Gasteiger partial charge in [0, 0.05) is 11.8 Å². The molecular formula is C13H17N2O8P. The van der Waals surface area contributed by atoms with Crippen molar-refractivity contribution in [3.8, 4) is 12.3 Å². The first kappa shape index (κ1) is 18.6. The van der Waals surface area contributed by atoms with Crippen LogP contribution in [0, 0.1) is 19.3 Å². The van der Waals surface area contributed by atoms with E-state index < -0.39 is 50.7 Å². The molecule has 0 saturated carbocycles. The van der Waals surface area contributed by atoms with Gasteiger partial charge in [-0.3, -0.25) is 18.9 Å². The molecule has 1 aromatic heterocycles. The molecule has 0 spiro atoms. The molecule has 0 bridgehead atoms. The number of aromatic nitrogens is 2. The van der Waals surface area contributed by atoms with Gasteiger partial charge in [0.05, 0.1) is 6.61 Å². The lowest BCUT2D eigenvalue weighted by atomic mass is 10.1. The Morgan fingerprint density at radius 3 is 2.79 bits per heavy atom. The summed E-state index contributed by atoms with van der Waals surface area (Å²) in [5, 5.41) is 9.41. The maximum Gasteiger partial charge on any atom is 0.330 e. The minimum absolute atomic E-state index is 0.175. The van der Waals surface area contributed by atoms with Crippen molar-refractivity contribution in [2.24, 2.45) is 0 Å².